The van der Waals surface area contributed by atoms with Crippen LogP contribution in [0.15, 0.2) is 48.5 Å². The topological polar surface area (TPSA) is 40.6 Å². The van der Waals surface area contributed by atoms with Gasteiger partial charge in [-0.25, -0.2) is 0 Å². The SMILES string of the molecule is Cc1ccc(N2C(=O)CCC2C(=O)N2CCCc3ccccc32)cc1. The first-order valence-electron chi connectivity index (χ1n) is 8.93. The minimum atomic E-state index is -0.402. The first-order chi connectivity index (χ1) is 12.1. The van der Waals surface area contributed by atoms with E-state index in [1.54, 1.807) is 4.90 Å². The summed E-state index contributed by atoms with van der Waals surface area (Å²) in [5.74, 6) is 0.0751. The molecule has 2 amide bonds. The Kier molecular flexibility index (Phi) is 4.04. The van der Waals surface area contributed by atoms with Gasteiger partial charge in [0.05, 0.1) is 0 Å². The zero-order valence-corrected chi connectivity index (χ0v) is 14.4. The highest BCUT2D eigenvalue weighted by molar-refractivity contribution is 6.08. The van der Waals surface area contributed by atoms with E-state index in [0.717, 1.165) is 36.3 Å². The number of fused-ring (bicyclic) bond motifs is 1. The Morgan fingerprint density at radius 3 is 2.60 bits per heavy atom. The Morgan fingerprint density at radius 1 is 1.04 bits per heavy atom. The van der Waals surface area contributed by atoms with Crippen molar-refractivity contribution in [2.75, 3.05) is 16.3 Å². The summed E-state index contributed by atoms with van der Waals surface area (Å²) in [7, 11) is 0. The molecule has 2 aromatic carbocycles. The fourth-order valence-corrected chi connectivity index (χ4v) is 3.89. The number of nitrogens with zero attached hydrogens (tertiary/aromatic N) is 2. The maximum atomic E-state index is 13.3. The van der Waals surface area contributed by atoms with Crippen LogP contribution >= 0.6 is 0 Å². The smallest absolute Gasteiger partial charge is 0.250 e. The molecule has 128 valence electrons. The lowest BCUT2D eigenvalue weighted by molar-refractivity contribution is -0.122. The Labute approximate surface area is 148 Å². The number of anilines is 2. The highest BCUT2D eigenvalue weighted by atomic mass is 16.2. The molecule has 0 aliphatic carbocycles. The van der Waals surface area contributed by atoms with Gasteiger partial charge in [0.25, 0.3) is 0 Å². The number of carbonyl (C=O) groups is 2. The lowest BCUT2D eigenvalue weighted by Gasteiger charge is -2.34. The Hall–Kier alpha value is -2.62. The Balaban J connectivity index is 1.65. The molecule has 0 bridgehead atoms. The van der Waals surface area contributed by atoms with Gasteiger partial charge >= 0.3 is 0 Å². The second-order valence-electron chi connectivity index (χ2n) is 6.88. The molecule has 4 heteroatoms. The molecule has 0 aromatic heterocycles. The quantitative estimate of drug-likeness (QED) is 0.844. The molecule has 2 heterocycles. The minimum absolute atomic E-state index is 0.0347. The van der Waals surface area contributed by atoms with Gasteiger partial charge in [-0.1, -0.05) is 35.9 Å². The van der Waals surface area contributed by atoms with Gasteiger partial charge in [0.1, 0.15) is 6.04 Å². The maximum Gasteiger partial charge on any atom is 0.250 e. The summed E-state index contributed by atoms with van der Waals surface area (Å²) in [6, 6.07) is 15.5. The Morgan fingerprint density at radius 2 is 1.80 bits per heavy atom. The fourth-order valence-electron chi connectivity index (χ4n) is 3.89. The van der Waals surface area contributed by atoms with Crippen molar-refractivity contribution in [1.82, 2.24) is 0 Å². The molecule has 1 unspecified atom stereocenters. The van der Waals surface area contributed by atoms with E-state index < -0.39 is 6.04 Å². The van der Waals surface area contributed by atoms with Gasteiger partial charge in [-0.3, -0.25) is 14.5 Å². The average Bonchev–Trinajstić information content (AvgIpc) is 3.03. The van der Waals surface area contributed by atoms with E-state index in [0.29, 0.717) is 12.8 Å². The number of amides is 2. The molecule has 1 atom stereocenters. The van der Waals surface area contributed by atoms with E-state index >= 15 is 0 Å². The minimum Gasteiger partial charge on any atom is -0.310 e. The molecule has 2 aliphatic rings. The lowest BCUT2D eigenvalue weighted by Crippen LogP contribution is -2.48. The van der Waals surface area contributed by atoms with E-state index in [4.69, 9.17) is 0 Å². The van der Waals surface area contributed by atoms with E-state index in [9.17, 15) is 9.59 Å². The van der Waals surface area contributed by atoms with Gasteiger partial charge in [-0.05, 0) is 49.9 Å². The summed E-state index contributed by atoms with van der Waals surface area (Å²) >= 11 is 0. The lowest BCUT2D eigenvalue weighted by atomic mass is 10.0. The van der Waals surface area contributed by atoms with Crippen LogP contribution in [0.4, 0.5) is 11.4 Å². The largest absolute Gasteiger partial charge is 0.310 e. The number of para-hydroxylation sites is 1. The van der Waals surface area contributed by atoms with Crippen LogP contribution in [0.2, 0.25) is 0 Å². The molecule has 4 nitrogen and oxygen atoms in total. The number of hydrogen-bond acceptors (Lipinski definition) is 2. The molecule has 1 fully saturated rings. The second-order valence-corrected chi connectivity index (χ2v) is 6.88. The zero-order chi connectivity index (χ0) is 17.4. The molecular weight excluding hydrogens is 312 g/mol. The monoisotopic (exact) mass is 334 g/mol. The number of benzene rings is 2. The van der Waals surface area contributed by atoms with Crippen LogP contribution < -0.4 is 9.80 Å². The summed E-state index contributed by atoms with van der Waals surface area (Å²) in [6.07, 6.45) is 2.99. The van der Waals surface area contributed by atoms with Crippen molar-refractivity contribution in [3.8, 4) is 0 Å². The van der Waals surface area contributed by atoms with Crippen molar-refractivity contribution in [2.45, 2.75) is 38.6 Å². The fraction of sp³-hybridized carbons (Fsp3) is 0.333. The Bertz CT molecular complexity index is 813. The van der Waals surface area contributed by atoms with Crippen LogP contribution in [0.5, 0.6) is 0 Å². The number of rotatable bonds is 2. The normalized spacial score (nSPS) is 19.9. The van der Waals surface area contributed by atoms with Gasteiger partial charge in [-0.15, -0.1) is 0 Å². The summed E-state index contributed by atoms with van der Waals surface area (Å²) in [6.45, 7) is 2.74. The van der Waals surface area contributed by atoms with Gasteiger partial charge in [0.15, 0.2) is 0 Å². The van der Waals surface area contributed by atoms with Crippen molar-refractivity contribution < 1.29 is 9.59 Å². The van der Waals surface area contributed by atoms with Gasteiger partial charge in [0.2, 0.25) is 11.8 Å². The van der Waals surface area contributed by atoms with Crippen molar-refractivity contribution in [2.24, 2.45) is 0 Å². The first kappa shape index (κ1) is 15.9. The van der Waals surface area contributed by atoms with Crippen molar-refractivity contribution in [3.63, 3.8) is 0 Å². The third kappa shape index (κ3) is 2.82. The standard InChI is InChI=1S/C21H22N2O2/c1-15-8-10-17(11-9-15)23-19(12-13-20(23)24)21(25)22-14-4-6-16-5-2-3-7-18(16)22/h2-3,5,7-11,19H,4,6,12-14H2,1H3. The molecule has 0 N–H and O–H groups in total. The molecule has 0 radical (unpaired) electrons. The molecule has 1 saturated heterocycles. The predicted molar refractivity (Wildman–Crippen MR) is 98.8 cm³/mol. The van der Waals surface area contributed by atoms with Crippen LogP contribution in [0.3, 0.4) is 0 Å². The predicted octanol–water partition coefficient (Wildman–Crippen LogP) is 3.47. The highest BCUT2D eigenvalue weighted by Gasteiger charge is 2.40. The van der Waals surface area contributed by atoms with E-state index in [-0.39, 0.29) is 11.8 Å². The van der Waals surface area contributed by atoms with Crippen molar-refractivity contribution >= 4 is 23.2 Å². The van der Waals surface area contributed by atoms with Crippen LogP contribution in [-0.4, -0.2) is 24.4 Å². The molecule has 0 saturated carbocycles. The van der Waals surface area contributed by atoms with Crippen LogP contribution in [0.1, 0.15) is 30.4 Å². The van der Waals surface area contributed by atoms with E-state index in [2.05, 4.69) is 6.07 Å². The van der Waals surface area contributed by atoms with Gasteiger partial charge < -0.3 is 4.90 Å². The van der Waals surface area contributed by atoms with E-state index in [1.165, 1.54) is 5.56 Å². The number of carbonyl (C=O) groups excluding carboxylic acids is 2. The summed E-state index contributed by atoms with van der Waals surface area (Å²) in [4.78, 5) is 29.3. The van der Waals surface area contributed by atoms with Gasteiger partial charge in [0, 0.05) is 24.3 Å². The van der Waals surface area contributed by atoms with Gasteiger partial charge in [-0.2, -0.15) is 0 Å². The summed E-state index contributed by atoms with van der Waals surface area (Å²) in [5.41, 5.74) is 4.18. The van der Waals surface area contributed by atoms with Crippen molar-refractivity contribution in [1.29, 1.82) is 0 Å². The third-order valence-electron chi connectivity index (χ3n) is 5.19. The maximum absolute atomic E-state index is 13.3. The molecule has 2 aromatic rings. The average molecular weight is 334 g/mol. The zero-order valence-electron chi connectivity index (χ0n) is 14.4. The van der Waals surface area contributed by atoms with Crippen LogP contribution in [0, 0.1) is 6.92 Å². The van der Waals surface area contributed by atoms with E-state index in [1.807, 2.05) is 54.3 Å². The van der Waals surface area contributed by atoms with Crippen LogP contribution in [-0.2, 0) is 16.0 Å². The molecule has 2 aliphatic heterocycles. The molecule has 0 spiro atoms. The second kappa shape index (κ2) is 6.36. The molecule has 25 heavy (non-hydrogen) atoms. The third-order valence-corrected chi connectivity index (χ3v) is 5.19. The summed E-state index contributed by atoms with van der Waals surface area (Å²) < 4.78 is 0. The first-order valence-corrected chi connectivity index (χ1v) is 8.93. The summed E-state index contributed by atoms with van der Waals surface area (Å²) in [5, 5.41) is 0. The molecule has 4 rings (SSSR count). The molecular formula is C21H22N2O2. The van der Waals surface area contributed by atoms with Crippen molar-refractivity contribution in [3.05, 3.63) is 59.7 Å². The highest BCUT2D eigenvalue weighted by Crippen LogP contribution is 2.32. The van der Waals surface area contributed by atoms with Crippen LogP contribution in [0.25, 0.3) is 0 Å². The number of aryl methyl sites for hydroxylation is 2. The number of hydrogen-bond donors (Lipinski definition) is 0.